The van der Waals surface area contributed by atoms with Crippen LogP contribution in [-0.2, 0) is 0 Å². The third kappa shape index (κ3) is 4.51. The average molecular weight is 192 g/mol. The van der Waals surface area contributed by atoms with Crippen molar-refractivity contribution in [1.29, 1.82) is 0 Å². The first-order valence-corrected chi connectivity index (χ1v) is 5.83. The molecule has 0 aromatic carbocycles. The first-order valence-electron chi connectivity index (χ1n) is 5.83. The molecular weight excluding hydrogens is 168 g/mol. The second-order valence-electron chi connectivity index (χ2n) is 4.06. The maximum absolute atomic E-state index is 5.67. The summed E-state index contributed by atoms with van der Waals surface area (Å²) in [5, 5.41) is 0. The van der Waals surface area contributed by atoms with E-state index in [4.69, 9.17) is 6.42 Å². The van der Waals surface area contributed by atoms with Crippen LogP contribution in [0.2, 0.25) is 0 Å². The number of allylic oxidation sites excluding steroid dienone is 1. The van der Waals surface area contributed by atoms with Crippen molar-refractivity contribution in [1.82, 2.24) is 0 Å². The quantitative estimate of drug-likeness (QED) is 0.300. The fraction of sp³-hybridized carbons (Fsp3) is 0.714. The molecule has 0 aromatic heterocycles. The minimum atomic E-state index is 0.166. The molecule has 1 atom stereocenters. The third-order valence-electron chi connectivity index (χ3n) is 3.06. The normalized spacial score (nSPS) is 14.4. The molecule has 0 nitrogen and oxygen atoms in total. The van der Waals surface area contributed by atoms with E-state index in [0.717, 1.165) is 19.3 Å². The van der Waals surface area contributed by atoms with Crippen LogP contribution in [0.15, 0.2) is 12.7 Å². The van der Waals surface area contributed by atoms with Crippen molar-refractivity contribution in [2.75, 3.05) is 0 Å². The van der Waals surface area contributed by atoms with Crippen LogP contribution in [0.1, 0.15) is 58.8 Å². The lowest BCUT2D eigenvalue weighted by Gasteiger charge is -2.26. The predicted octanol–water partition coefficient (Wildman–Crippen LogP) is 4.56. The Bertz CT molecular complexity index is 185. The molecule has 0 spiro atoms. The van der Waals surface area contributed by atoms with Gasteiger partial charge in [0.05, 0.1) is 0 Å². The molecule has 0 N–H and O–H groups in total. The molecular formula is C14H24. The van der Waals surface area contributed by atoms with Gasteiger partial charge in [0, 0.05) is 5.41 Å². The lowest BCUT2D eigenvalue weighted by molar-refractivity contribution is 0.310. The van der Waals surface area contributed by atoms with Crippen LogP contribution < -0.4 is 0 Å². The topological polar surface area (TPSA) is 0 Å². The minimum Gasteiger partial charge on any atom is -0.120 e. The van der Waals surface area contributed by atoms with Crippen LogP contribution in [-0.4, -0.2) is 0 Å². The Morgan fingerprint density at radius 2 is 1.93 bits per heavy atom. The Morgan fingerprint density at radius 1 is 1.29 bits per heavy atom. The zero-order chi connectivity index (χ0) is 10.9. The summed E-state index contributed by atoms with van der Waals surface area (Å²) in [5.41, 5.74) is 0.166. The molecule has 0 bridgehead atoms. The molecule has 0 amide bonds. The summed E-state index contributed by atoms with van der Waals surface area (Å²) >= 11 is 0. The Hall–Kier alpha value is -0.700. The third-order valence-corrected chi connectivity index (χ3v) is 3.06. The molecule has 80 valence electrons. The van der Waals surface area contributed by atoms with Crippen molar-refractivity contribution in [3.8, 4) is 12.3 Å². The number of hydrogen-bond donors (Lipinski definition) is 0. The molecule has 0 heteroatoms. The zero-order valence-electron chi connectivity index (χ0n) is 9.81. The molecule has 1 unspecified atom stereocenters. The van der Waals surface area contributed by atoms with E-state index in [9.17, 15) is 0 Å². The van der Waals surface area contributed by atoms with E-state index in [1.165, 1.54) is 25.7 Å². The number of hydrogen-bond acceptors (Lipinski definition) is 0. The van der Waals surface area contributed by atoms with Crippen molar-refractivity contribution in [2.45, 2.75) is 58.8 Å². The van der Waals surface area contributed by atoms with Crippen LogP contribution in [0.3, 0.4) is 0 Å². The molecule has 0 heterocycles. The average Bonchev–Trinajstić information content (AvgIpc) is 2.24. The molecule has 0 rings (SSSR count). The van der Waals surface area contributed by atoms with Gasteiger partial charge in [0.1, 0.15) is 0 Å². The standard InChI is InChI=1S/C14H24/c1-5-9-11-13-14(7-3,8-4)12-10-6-2/h3,5H,1,6,8-13H2,2,4H3. The summed E-state index contributed by atoms with van der Waals surface area (Å²) < 4.78 is 0. The van der Waals surface area contributed by atoms with Gasteiger partial charge in [-0.3, -0.25) is 0 Å². The van der Waals surface area contributed by atoms with Gasteiger partial charge >= 0.3 is 0 Å². The van der Waals surface area contributed by atoms with Crippen LogP contribution in [0.4, 0.5) is 0 Å². The van der Waals surface area contributed by atoms with Crippen molar-refractivity contribution in [3.05, 3.63) is 12.7 Å². The van der Waals surface area contributed by atoms with Crippen LogP contribution in [0, 0.1) is 17.8 Å². The van der Waals surface area contributed by atoms with Gasteiger partial charge < -0.3 is 0 Å². The molecule has 0 aromatic rings. The van der Waals surface area contributed by atoms with Gasteiger partial charge in [-0.25, -0.2) is 0 Å². The maximum atomic E-state index is 5.67. The smallest absolute Gasteiger partial charge is 0.0309 e. The molecule has 0 fully saturated rings. The van der Waals surface area contributed by atoms with Crippen LogP contribution in [0.5, 0.6) is 0 Å². The SMILES string of the molecule is C#CC(CC)(CCCC)CCCC=C. The highest BCUT2D eigenvalue weighted by molar-refractivity contribution is 5.04. The largest absolute Gasteiger partial charge is 0.120 e. The summed E-state index contributed by atoms with van der Waals surface area (Å²) in [7, 11) is 0. The second kappa shape index (κ2) is 7.68. The van der Waals surface area contributed by atoms with Crippen molar-refractivity contribution >= 4 is 0 Å². The second-order valence-corrected chi connectivity index (χ2v) is 4.06. The van der Waals surface area contributed by atoms with Gasteiger partial charge in [-0.2, -0.15) is 0 Å². The molecule has 0 aliphatic carbocycles. The fourth-order valence-electron chi connectivity index (χ4n) is 1.82. The molecule has 0 saturated heterocycles. The zero-order valence-corrected chi connectivity index (χ0v) is 9.81. The molecule has 0 aliphatic heterocycles. The molecule has 0 saturated carbocycles. The summed E-state index contributed by atoms with van der Waals surface area (Å²) in [5.74, 6) is 3.02. The van der Waals surface area contributed by atoms with Crippen molar-refractivity contribution in [3.63, 3.8) is 0 Å². The summed E-state index contributed by atoms with van der Waals surface area (Å²) in [6, 6.07) is 0. The fourth-order valence-corrected chi connectivity index (χ4v) is 1.82. The van der Waals surface area contributed by atoms with E-state index in [0.29, 0.717) is 0 Å². The van der Waals surface area contributed by atoms with Crippen molar-refractivity contribution < 1.29 is 0 Å². The summed E-state index contributed by atoms with van der Waals surface area (Å²) in [6.07, 6.45) is 15.9. The number of unbranched alkanes of at least 4 members (excludes halogenated alkanes) is 2. The van der Waals surface area contributed by atoms with E-state index >= 15 is 0 Å². The molecule has 14 heavy (non-hydrogen) atoms. The van der Waals surface area contributed by atoms with Gasteiger partial charge in [0.15, 0.2) is 0 Å². The highest BCUT2D eigenvalue weighted by atomic mass is 14.3. The van der Waals surface area contributed by atoms with Gasteiger partial charge in [0.2, 0.25) is 0 Å². The lowest BCUT2D eigenvalue weighted by Crippen LogP contribution is -2.17. The Morgan fingerprint density at radius 3 is 2.36 bits per heavy atom. The first-order chi connectivity index (χ1) is 6.74. The summed E-state index contributed by atoms with van der Waals surface area (Å²) in [6.45, 7) is 8.18. The minimum absolute atomic E-state index is 0.166. The monoisotopic (exact) mass is 192 g/mol. The van der Waals surface area contributed by atoms with Gasteiger partial charge in [-0.05, 0) is 32.1 Å². The van der Waals surface area contributed by atoms with E-state index < -0.39 is 0 Å². The van der Waals surface area contributed by atoms with E-state index in [1.807, 2.05) is 6.08 Å². The summed E-state index contributed by atoms with van der Waals surface area (Å²) in [4.78, 5) is 0. The molecule has 0 aliphatic rings. The predicted molar refractivity (Wildman–Crippen MR) is 65.1 cm³/mol. The Kier molecular flexibility index (Phi) is 7.30. The maximum Gasteiger partial charge on any atom is 0.0309 e. The van der Waals surface area contributed by atoms with E-state index in [1.54, 1.807) is 0 Å². The highest BCUT2D eigenvalue weighted by Crippen LogP contribution is 2.33. The Balaban J connectivity index is 4.09. The van der Waals surface area contributed by atoms with Gasteiger partial charge in [-0.15, -0.1) is 13.0 Å². The highest BCUT2D eigenvalue weighted by Gasteiger charge is 2.23. The Labute approximate surface area is 89.8 Å². The number of terminal acetylenes is 1. The first kappa shape index (κ1) is 13.3. The number of rotatable bonds is 8. The molecule has 0 radical (unpaired) electrons. The van der Waals surface area contributed by atoms with Crippen molar-refractivity contribution in [2.24, 2.45) is 5.41 Å². The van der Waals surface area contributed by atoms with Crippen LogP contribution in [0.25, 0.3) is 0 Å². The van der Waals surface area contributed by atoms with Crippen LogP contribution >= 0.6 is 0 Å². The van der Waals surface area contributed by atoms with Gasteiger partial charge in [-0.1, -0.05) is 38.7 Å². The van der Waals surface area contributed by atoms with E-state index in [-0.39, 0.29) is 5.41 Å². The van der Waals surface area contributed by atoms with Gasteiger partial charge in [0.25, 0.3) is 0 Å². The lowest BCUT2D eigenvalue weighted by atomic mass is 9.77. The van der Waals surface area contributed by atoms with E-state index in [2.05, 4.69) is 26.3 Å².